The zero-order valence-corrected chi connectivity index (χ0v) is 26.7. The number of ether oxygens (including phenoxy) is 2. The predicted molar refractivity (Wildman–Crippen MR) is 173 cm³/mol. The SMILES string of the molecule is COc1cc(C(=O)N2[C@H]3CC[C@@H]2[C@H](N)C3)cc2nc(-c3cc4ccc([C@@H](C)NC(=O)NC5CCOC5)nc4n3CC3CC3)c(C)n12. The molecule has 0 aromatic carbocycles. The molecule has 12 nitrogen and oxygen atoms in total. The number of fused-ring (bicyclic) bond motifs is 4. The number of nitrogens with two attached hydrogens (primary N) is 1. The van der Waals surface area contributed by atoms with Crippen LogP contribution in [0.25, 0.3) is 28.1 Å². The zero-order valence-electron chi connectivity index (χ0n) is 26.7. The molecule has 46 heavy (non-hydrogen) atoms. The summed E-state index contributed by atoms with van der Waals surface area (Å²) in [5, 5.41) is 7.05. The first-order chi connectivity index (χ1) is 22.3. The van der Waals surface area contributed by atoms with Crippen molar-refractivity contribution in [3.63, 3.8) is 0 Å². The van der Waals surface area contributed by atoms with Crippen molar-refractivity contribution in [3.05, 3.63) is 47.3 Å². The first-order valence-corrected chi connectivity index (χ1v) is 16.6. The lowest BCUT2D eigenvalue weighted by Gasteiger charge is -2.23. The van der Waals surface area contributed by atoms with Crippen LogP contribution in [0.4, 0.5) is 4.79 Å². The van der Waals surface area contributed by atoms with Gasteiger partial charge in [-0.3, -0.25) is 9.20 Å². The van der Waals surface area contributed by atoms with E-state index in [1.165, 1.54) is 12.8 Å². The highest BCUT2D eigenvalue weighted by Crippen LogP contribution is 2.40. The smallest absolute Gasteiger partial charge is 0.315 e. The zero-order chi connectivity index (χ0) is 31.7. The van der Waals surface area contributed by atoms with E-state index in [1.54, 1.807) is 7.11 Å². The minimum absolute atomic E-state index is 0.00369. The number of aryl methyl sites for hydroxylation is 1. The lowest BCUT2D eigenvalue weighted by Crippen LogP contribution is -2.43. The second-order valence-corrected chi connectivity index (χ2v) is 13.6. The summed E-state index contributed by atoms with van der Waals surface area (Å²) in [6.45, 7) is 6.05. The summed E-state index contributed by atoms with van der Waals surface area (Å²) in [5.41, 5.74) is 12.0. The first kappa shape index (κ1) is 29.3. The van der Waals surface area contributed by atoms with E-state index in [0.717, 1.165) is 66.0 Å². The molecule has 242 valence electrons. The number of urea groups is 1. The number of nitrogens with one attached hydrogen (secondary N) is 2. The number of nitrogens with zero attached hydrogens (tertiary/aromatic N) is 5. The predicted octanol–water partition coefficient (Wildman–Crippen LogP) is 3.93. The molecule has 0 spiro atoms. The molecule has 1 aliphatic carbocycles. The van der Waals surface area contributed by atoms with Crippen LogP contribution in [0.5, 0.6) is 5.88 Å². The van der Waals surface area contributed by atoms with Crippen molar-refractivity contribution in [2.45, 2.75) is 89.1 Å². The van der Waals surface area contributed by atoms with Crippen molar-refractivity contribution in [3.8, 4) is 17.3 Å². The van der Waals surface area contributed by atoms with Gasteiger partial charge < -0.3 is 35.3 Å². The fraction of sp³-hybridized carbons (Fsp3) is 0.529. The highest BCUT2D eigenvalue weighted by atomic mass is 16.5. The number of hydrogen-bond acceptors (Lipinski definition) is 7. The van der Waals surface area contributed by atoms with Crippen LogP contribution in [0.2, 0.25) is 0 Å². The van der Waals surface area contributed by atoms with Gasteiger partial charge in [0.15, 0.2) is 5.88 Å². The Morgan fingerprint density at radius 3 is 2.67 bits per heavy atom. The number of carbonyl (C=O) groups is 2. The standard InChI is InChI=1S/C34H42N8O4/c1-18(36-34(44)37-23-10-11-46-17-23)26-8-6-21-12-28(40(32(21)38-26)16-20-4-5-20)31-19(2)41-29(39-31)13-22(14-30(41)45-3)33(43)42-24-7-9-27(42)25(35)15-24/h6,8,12-14,18,20,23-25,27H,4-5,7,9-11,15-17,35H2,1-3H3,(H2,36,37,44)/t18-,23?,24+,25-,27-/m1/s1. The number of aromatic nitrogens is 4. The number of rotatable bonds is 8. The first-order valence-electron chi connectivity index (χ1n) is 16.6. The molecule has 4 aromatic heterocycles. The van der Waals surface area contributed by atoms with E-state index in [9.17, 15) is 9.59 Å². The van der Waals surface area contributed by atoms with Gasteiger partial charge in [-0.15, -0.1) is 0 Å². The van der Waals surface area contributed by atoms with Crippen molar-refractivity contribution >= 4 is 28.6 Å². The van der Waals surface area contributed by atoms with E-state index in [2.05, 4.69) is 27.3 Å². The molecule has 0 radical (unpaired) electrons. The summed E-state index contributed by atoms with van der Waals surface area (Å²) < 4.78 is 15.5. The Morgan fingerprint density at radius 2 is 1.98 bits per heavy atom. The fourth-order valence-electron chi connectivity index (χ4n) is 7.76. The molecule has 2 bridgehead atoms. The number of imidazole rings is 1. The lowest BCUT2D eigenvalue weighted by molar-refractivity contribution is 0.0726. The molecule has 5 atom stereocenters. The number of hydrogen-bond donors (Lipinski definition) is 3. The summed E-state index contributed by atoms with van der Waals surface area (Å²) in [4.78, 5) is 38.7. The Morgan fingerprint density at radius 1 is 1.13 bits per heavy atom. The monoisotopic (exact) mass is 626 g/mol. The molecule has 1 saturated carbocycles. The van der Waals surface area contributed by atoms with Gasteiger partial charge in [0.2, 0.25) is 0 Å². The summed E-state index contributed by atoms with van der Waals surface area (Å²) in [5.74, 6) is 1.16. The molecule has 4 N–H and O–H groups in total. The maximum Gasteiger partial charge on any atom is 0.315 e. The summed E-state index contributed by atoms with van der Waals surface area (Å²) in [7, 11) is 1.63. The van der Waals surface area contributed by atoms with Crippen LogP contribution >= 0.6 is 0 Å². The summed E-state index contributed by atoms with van der Waals surface area (Å²) in [6.07, 6.45) is 6.03. The molecular formula is C34H42N8O4. The third-order valence-corrected chi connectivity index (χ3v) is 10.4. The molecule has 7 heterocycles. The van der Waals surface area contributed by atoms with E-state index >= 15 is 0 Å². The quantitative estimate of drug-likeness (QED) is 0.269. The van der Waals surface area contributed by atoms with Crippen LogP contribution < -0.4 is 21.1 Å². The van der Waals surface area contributed by atoms with E-state index in [0.29, 0.717) is 36.2 Å². The number of amides is 3. The van der Waals surface area contributed by atoms with E-state index in [-0.39, 0.29) is 42.1 Å². The maximum absolute atomic E-state index is 13.8. The van der Waals surface area contributed by atoms with E-state index < -0.39 is 0 Å². The third kappa shape index (κ3) is 4.98. The van der Waals surface area contributed by atoms with Gasteiger partial charge >= 0.3 is 6.03 Å². The summed E-state index contributed by atoms with van der Waals surface area (Å²) in [6, 6.07) is 9.79. The van der Waals surface area contributed by atoms with Crippen LogP contribution in [-0.4, -0.2) is 80.3 Å². The molecule has 3 saturated heterocycles. The number of carbonyl (C=O) groups excluding carboxylic acids is 2. The molecule has 4 aromatic rings. The average molecular weight is 627 g/mol. The Balaban J connectivity index is 1.15. The van der Waals surface area contributed by atoms with E-state index in [1.807, 2.05) is 41.3 Å². The molecule has 3 aliphatic heterocycles. The maximum atomic E-state index is 13.8. The van der Waals surface area contributed by atoms with Crippen molar-refractivity contribution < 1.29 is 19.1 Å². The van der Waals surface area contributed by atoms with Gasteiger partial charge in [0, 0.05) is 48.3 Å². The largest absolute Gasteiger partial charge is 0.482 e. The Kier molecular flexibility index (Phi) is 7.17. The highest BCUT2D eigenvalue weighted by molar-refractivity contribution is 5.97. The Bertz CT molecular complexity index is 1840. The normalized spacial score (nSPS) is 24.7. The number of methoxy groups -OCH3 is 1. The minimum atomic E-state index is -0.281. The second kappa shape index (κ2) is 11.3. The Hall–Kier alpha value is -4.16. The minimum Gasteiger partial charge on any atom is -0.482 e. The fourth-order valence-corrected chi connectivity index (χ4v) is 7.76. The summed E-state index contributed by atoms with van der Waals surface area (Å²) >= 11 is 0. The van der Waals surface area contributed by atoms with Crippen LogP contribution in [-0.2, 0) is 11.3 Å². The van der Waals surface area contributed by atoms with Crippen LogP contribution in [0.1, 0.15) is 73.2 Å². The molecule has 1 unspecified atom stereocenters. The molecule has 4 aliphatic rings. The Labute approximate surface area is 267 Å². The van der Waals surface area contributed by atoms with Crippen molar-refractivity contribution in [1.82, 2.24) is 34.5 Å². The highest BCUT2D eigenvalue weighted by Gasteiger charge is 2.47. The topological polar surface area (TPSA) is 141 Å². The van der Waals surface area contributed by atoms with Gasteiger partial charge in [0.1, 0.15) is 17.0 Å². The van der Waals surface area contributed by atoms with Gasteiger partial charge in [0.05, 0.1) is 42.9 Å². The van der Waals surface area contributed by atoms with Gasteiger partial charge in [-0.1, -0.05) is 0 Å². The van der Waals surface area contributed by atoms with Gasteiger partial charge in [-0.05, 0) is 82.6 Å². The van der Waals surface area contributed by atoms with Crippen molar-refractivity contribution in [2.24, 2.45) is 11.7 Å². The molecule has 8 rings (SSSR count). The van der Waals surface area contributed by atoms with E-state index in [4.69, 9.17) is 25.2 Å². The third-order valence-electron chi connectivity index (χ3n) is 10.4. The van der Waals surface area contributed by atoms with Crippen LogP contribution in [0.15, 0.2) is 30.3 Å². The van der Waals surface area contributed by atoms with Crippen molar-refractivity contribution in [1.29, 1.82) is 0 Å². The van der Waals surface area contributed by atoms with Crippen molar-refractivity contribution in [2.75, 3.05) is 20.3 Å². The van der Waals surface area contributed by atoms with Gasteiger partial charge in [0.25, 0.3) is 5.91 Å². The van der Waals surface area contributed by atoms with Crippen LogP contribution in [0.3, 0.4) is 0 Å². The molecule has 3 amide bonds. The number of pyridine rings is 2. The lowest BCUT2D eigenvalue weighted by atomic mass is 9.97. The molecular weight excluding hydrogens is 584 g/mol. The van der Waals surface area contributed by atoms with Gasteiger partial charge in [-0.25, -0.2) is 14.8 Å². The molecule has 12 heteroatoms. The average Bonchev–Trinajstić information content (AvgIpc) is 3.42. The molecule has 4 fully saturated rings. The second-order valence-electron chi connectivity index (χ2n) is 13.6. The van der Waals surface area contributed by atoms with Crippen LogP contribution in [0, 0.1) is 12.8 Å². The van der Waals surface area contributed by atoms with Gasteiger partial charge in [-0.2, -0.15) is 0 Å².